The summed E-state index contributed by atoms with van der Waals surface area (Å²) in [6.07, 6.45) is 2.54. The van der Waals surface area contributed by atoms with E-state index in [1.165, 1.54) is 12.7 Å². The fourth-order valence-electron chi connectivity index (χ4n) is 1.69. The van der Waals surface area contributed by atoms with Gasteiger partial charge in [0.05, 0.1) is 5.71 Å². The number of quaternary nitrogens is 1. The maximum Gasteiger partial charge on any atom is 0.219 e. The molecule has 5 heteroatoms. The molecular weight excluding hydrogens is 216 g/mol. The molecule has 0 fully saturated rings. The maximum atomic E-state index is 12.0. The summed E-state index contributed by atoms with van der Waals surface area (Å²) in [4.78, 5) is 7.90. The zero-order valence-electron chi connectivity index (χ0n) is 9.87. The predicted octanol–water partition coefficient (Wildman–Crippen LogP) is 1.71. The second kappa shape index (κ2) is 4.57. The topological polar surface area (TPSA) is 60.1 Å². The molecule has 1 heterocycles. The smallest absolute Gasteiger partial charge is 0.219 e. The molecule has 1 aliphatic rings. The van der Waals surface area contributed by atoms with E-state index in [-0.39, 0.29) is 6.54 Å². The van der Waals surface area contributed by atoms with Gasteiger partial charge in [-0.2, -0.15) is 9.75 Å². The summed E-state index contributed by atoms with van der Waals surface area (Å²) in [6, 6.07) is 7.91. The van der Waals surface area contributed by atoms with Crippen LogP contribution in [0.2, 0.25) is 0 Å². The lowest BCUT2D eigenvalue weighted by molar-refractivity contribution is -0.775. The molecule has 1 atom stereocenters. The standard InChI is InChI=1S/C12H14N4O/c1-10-4-3-5-11(6-10)12(13-2)7-16(17)9-14-8-15-16/h3-6,8-9H,7H2,1-2H3. The first-order valence-corrected chi connectivity index (χ1v) is 5.33. The summed E-state index contributed by atoms with van der Waals surface area (Å²) >= 11 is 0. The Labute approximate surface area is 100.0 Å². The molecule has 0 aromatic heterocycles. The Hall–Kier alpha value is -1.85. The number of aryl methyl sites for hydroxylation is 1. The SMILES string of the molecule is CN=C(C[N+]1([O-])C=NC=N1)c1cccc(C)c1. The Morgan fingerprint density at radius 3 is 2.88 bits per heavy atom. The zero-order valence-corrected chi connectivity index (χ0v) is 9.87. The van der Waals surface area contributed by atoms with Crippen LogP contribution in [0.5, 0.6) is 0 Å². The van der Waals surface area contributed by atoms with E-state index in [0.29, 0.717) is 0 Å². The van der Waals surface area contributed by atoms with Gasteiger partial charge in [0, 0.05) is 12.6 Å². The Morgan fingerprint density at radius 1 is 1.47 bits per heavy atom. The number of aliphatic imine (C=N–C) groups is 2. The van der Waals surface area contributed by atoms with E-state index in [0.717, 1.165) is 16.8 Å². The van der Waals surface area contributed by atoms with Crippen molar-refractivity contribution in [3.8, 4) is 0 Å². The highest BCUT2D eigenvalue weighted by Gasteiger charge is 2.21. The predicted molar refractivity (Wildman–Crippen MR) is 69.1 cm³/mol. The average Bonchev–Trinajstić information content (AvgIpc) is 2.73. The number of rotatable bonds is 3. The highest BCUT2D eigenvalue weighted by molar-refractivity contribution is 6.02. The van der Waals surface area contributed by atoms with E-state index in [2.05, 4.69) is 15.1 Å². The minimum atomic E-state index is -0.819. The van der Waals surface area contributed by atoms with Crippen LogP contribution in [0.4, 0.5) is 0 Å². The lowest BCUT2D eigenvalue weighted by Gasteiger charge is -2.27. The lowest BCUT2D eigenvalue weighted by atomic mass is 10.1. The van der Waals surface area contributed by atoms with E-state index in [4.69, 9.17) is 0 Å². The first-order chi connectivity index (χ1) is 8.13. The minimum Gasteiger partial charge on any atom is -0.598 e. The molecule has 0 saturated heterocycles. The van der Waals surface area contributed by atoms with Crippen molar-refractivity contribution in [2.75, 3.05) is 13.6 Å². The van der Waals surface area contributed by atoms with Crippen LogP contribution in [0, 0.1) is 12.1 Å². The van der Waals surface area contributed by atoms with E-state index < -0.39 is 4.76 Å². The number of hydrogen-bond donors (Lipinski definition) is 0. The molecular formula is C12H14N4O. The monoisotopic (exact) mass is 230 g/mol. The third-order valence-corrected chi connectivity index (χ3v) is 2.56. The summed E-state index contributed by atoms with van der Waals surface area (Å²) in [7, 11) is 1.68. The second-order valence-electron chi connectivity index (χ2n) is 3.95. The van der Waals surface area contributed by atoms with Crippen molar-refractivity contribution in [1.29, 1.82) is 0 Å². The molecule has 2 rings (SSSR count). The number of benzene rings is 1. The molecule has 5 nitrogen and oxygen atoms in total. The van der Waals surface area contributed by atoms with Gasteiger partial charge < -0.3 is 5.21 Å². The molecule has 1 aromatic rings. The van der Waals surface area contributed by atoms with Crippen molar-refractivity contribution in [1.82, 2.24) is 0 Å². The molecule has 0 spiro atoms. The summed E-state index contributed by atoms with van der Waals surface area (Å²) in [5.74, 6) is 0. The first kappa shape index (κ1) is 11.6. The van der Waals surface area contributed by atoms with Gasteiger partial charge in [0.2, 0.25) is 6.34 Å². The molecule has 0 saturated carbocycles. The summed E-state index contributed by atoms with van der Waals surface area (Å²) in [5, 5.41) is 15.8. The average molecular weight is 230 g/mol. The third kappa shape index (κ3) is 2.64. The zero-order chi connectivity index (χ0) is 12.3. The van der Waals surface area contributed by atoms with Crippen LogP contribution in [0.1, 0.15) is 11.1 Å². The van der Waals surface area contributed by atoms with Crippen LogP contribution in [0.3, 0.4) is 0 Å². The molecule has 88 valence electrons. The maximum absolute atomic E-state index is 12.0. The molecule has 0 radical (unpaired) electrons. The first-order valence-electron chi connectivity index (χ1n) is 5.33. The molecule has 0 N–H and O–H groups in total. The molecule has 1 unspecified atom stereocenters. The Bertz CT molecular complexity index is 493. The molecule has 0 aliphatic carbocycles. The molecule has 0 bridgehead atoms. The van der Waals surface area contributed by atoms with E-state index >= 15 is 0 Å². The summed E-state index contributed by atoms with van der Waals surface area (Å²) in [6.45, 7) is 2.17. The summed E-state index contributed by atoms with van der Waals surface area (Å²) in [5.41, 5.74) is 2.82. The molecule has 17 heavy (non-hydrogen) atoms. The summed E-state index contributed by atoms with van der Waals surface area (Å²) < 4.78 is -0.819. The van der Waals surface area contributed by atoms with Gasteiger partial charge in [0.15, 0.2) is 12.9 Å². The van der Waals surface area contributed by atoms with Crippen molar-refractivity contribution in [2.45, 2.75) is 6.92 Å². The second-order valence-corrected chi connectivity index (χ2v) is 3.95. The Kier molecular flexibility index (Phi) is 3.12. The van der Waals surface area contributed by atoms with Crippen LogP contribution in [-0.4, -0.2) is 36.7 Å². The Balaban J connectivity index is 2.24. The van der Waals surface area contributed by atoms with Crippen molar-refractivity contribution in [3.05, 3.63) is 40.6 Å². The Morgan fingerprint density at radius 2 is 2.29 bits per heavy atom. The van der Waals surface area contributed by atoms with Crippen molar-refractivity contribution >= 4 is 18.4 Å². The van der Waals surface area contributed by atoms with Gasteiger partial charge in [-0.3, -0.25) is 4.99 Å². The van der Waals surface area contributed by atoms with Crippen LogP contribution in [0.25, 0.3) is 0 Å². The molecule has 0 amide bonds. The lowest BCUT2D eigenvalue weighted by Crippen LogP contribution is -2.38. The van der Waals surface area contributed by atoms with Crippen molar-refractivity contribution in [3.63, 3.8) is 0 Å². The number of hydrogen-bond acceptors (Lipinski definition) is 4. The quantitative estimate of drug-likeness (QED) is 0.443. The fraction of sp³-hybridized carbons (Fsp3) is 0.250. The largest absolute Gasteiger partial charge is 0.598 e. The van der Waals surface area contributed by atoms with Crippen LogP contribution >= 0.6 is 0 Å². The van der Waals surface area contributed by atoms with Crippen molar-refractivity contribution in [2.24, 2.45) is 15.1 Å². The van der Waals surface area contributed by atoms with Gasteiger partial charge in [0.1, 0.15) is 0 Å². The van der Waals surface area contributed by atoms with Crippen molar-refractivity contribution < 1.29 is 4.76 Å². The van der Waals surface area contributed by atoms with Gasteiger partial charge in [-0.1, -0.05) is 28.9 Å². The van der Waals surface area contributed by atoms with E-state index in [9.17, 15) is 5.21 Å². The molecule has 1 aromatic carbocycles. The highest BCUT2D eigenvalue weighted by Crippen LogP contribution is 2.12. The van der Waals surface area contributed by atoms with Gasteiger partial charge in [-0.05, 0) is 13.0 Å². The fourth-order valence-corrected chi connectivity index (χ4v) is 1.69. The van der Waals surface area contributed by atoms with Crippen LogP contribution in [0.15, 0.2) is 39.4 Å². The van der Waals surface area contributed by atoms with Gasteiger partial charge in [-0.15, -0.1) is 0 Å². The van der Waals surface area contributed by atoms with E-state index in [1.807, 2.05) is 31.2 Å². The molecule has 1 aliphatic heterocycles. The van der Waals surface area contributed by atoms with Crippen LogP contribution < -0.4 is 0 Å². The number of nitrogens with zero attached hydrogens (tertiary/aromatic N) is 4. The normalized spacial score (nSPS) is 23.4. The minimum absolute atomic E-state index is 0.167. The number of hydroxylamine groups is 2. The van der Waals surface area contributed by atoms with Gasteiger partial charge >= 0.3 is 0 Å². The van der Waals surface area contributed by atoms with Gasteiger partial charge in [0.25, 0.3) is 0 Å². The van der Waals surface area contributed by atoms with Gasteiger partial charge in [-0.25, -0.2) is 0 Å². The van der Waals surface area contributed by atoms with Crippen LogP contribution in [-0.2, 0) is 0 Å². The third-order valence-electron chi connectivity index (χ3n) is 2.56. The van der Waals surface area contributed by atoms with E-state index in [1.54, 1.807) is 7.05 Å². The highest BCUT2D eigenvalue weighted by atomic mass is 16.6.